The molecule has 1 heterocycles. The maximum Gasteiger partial charge on any atom is 0.416 e. The lowest BCUT2D eigenvalue weighted by atomic mass is 10.0. The summed E-state index contributed by atoms with van der Waals surface area (Å²) in [5.74, 6) is -0.534. The Morgan fingerprint density at radius 3 is 2.41 bits per heavy atom. The molecule has 0 aliphatic rings. The van der Waals surface area contributed by atoms with Gasteiger partial charge in [0.15, 0.2) is 0 Å². The van der Waals surface area contributed by atoms with Gasteiger partial charge in [-0.05, 0) is 47.9 Å². The predicted molar refractivity (Wildman–Crippen MR) is 108 cm³/mol. The fourth-order valence-corrected chi connectivity index (χ4v) is 3.81. The average Bonchev–Trinajstić information content (AvgIpc) is 3.00. The Morgan fingerprint density at radius 1 is 0.966 bits per heavy atom. The highest BCUT2D eigenvalue weighted by Gasteiger charge is 2.30. The molecule has 4 rings (SSSR count). The molecule has 0 spiro atoms. The van der Waals surface area contributed by atoms with E-state index in [0.717, 1.165) is 39.9 Å². The van der Waals surface area contributed by atoms with E-state index in [4.69, 9.17) is 5.73 Å². The van der Waals surface area contributed by atoms with Crippen LogP contribution in [0.2, 0.25) is 0 Å². The first-order valence-corrected chi connectivity index (χ1v) is 9.29. The zero-order chi connectivity index (χ0) is 20.8. The number of rotatable bonds is 4. The molecule has 148 valence electrons. The Morgan fingerprint density at radius 2 is 1.72 bits per heavy atom. The SMILES string of the molecule is CCc1ccc2c3c(C(N)=O)cccc3n(Cc3cccc(C(F)(F)F)c3)c2c1. The number of nitrogens with two attached hydrogens (primary N) is 1. The highest BCUT2D eigenvalue weighted by molar-refractivity contribution is 6.17. The lowest BCUT2D eigenvalue weighted by Gasteiger charge is -2.12. The van der Waals surface area contributed by atoms with Gasteiger partial charge in [-0.25, -0.2) is 0 Å². The van der Waals surface area contributed by atoms with Gasteiger partial charge < -0.3 is 10.3 Å². The number of primary amides is 1. The van der Waals surface area contributed by atoms with Crippen LogP contribution >= 0.6 is 0 Å². The molecular weight excluding hydrogens is 377 g/mol. The van der Waals surface area contributed by atoms with Crippen molar-refractivity contribution in [2.75, 3.05) is 0 Å². The van der Waals surface area contributed by atoms with Crippen LogP contribution < -0.4 is 5.73 Å². The Labute approximate surface area is 165 Å². The molecule has 0 atom stereocenters. The van der Waals surface area contributed by atoms with E-state index in [1.807, 2.05) is 35.8 Å². The summed E-state index contributed by atoms with van der Waals surface area (Å²) >= 11 is 0. The number of carbonyl (C=O) groups is 1. The molecule has 0 radical (unpaired) electrons. The number of fused-ring (bicyclic) bond motifs is 3. The zero-order valence-corrected chi connectivity index (χ0v) is 15.8. The number of nitrogens with zero attached hydrogens (tertiary/aromatic N) is 1. The third kappa shape index (κ3) is 3.35. The summed E-state index contributed by atoms with van der Waals surface area (Å²) < 4.78 is 41.4. The molecule has 29 heavy (non-hydrogen) atoms. The van der Waals surface area contributed by atoms with Crippen molar-refractivity contribution in [1.29, 1.82) is 0 Å². The third-order valence-corrected chi connectivity index (χ3v) is 5.22. The first-order chi connectivity index (χ1) is 13.8. The summed E-state index contributed by atoms with van der Waals surface area (Å²) in [6.07, 6.45) is -3.57. The molecule has 3 aromatic carbocycles. The number of carbonyl (C=O) groups excluding carboxylic acids is 1. The van der Waals surface area contributed by atoms with Gasteiger partial charge in [-0.1, -0.05) is 37.3 Å². The number of aromatic nitrogens is 1. The minimum absolute atomic E-state index is 0.249. The minimum Gasteiger partial charge on any atom is -0.366 e. The molecule has 0 fully saturated rings. The number of aryl methyl sites for hydroxylation is 1. The number of benzene rings is 3. The van der Waals surface area contributed by atoms with Gasteiger partial charge in [0.1, 0.15) is 0 Å². The van der Waals surface area contributed by atoms with Crippen molar-refractivity contribution >= 4 is 27.7 Å². The van der Waals surface area contributed by atoms with Crippen LogP contribution in [0.15, 0.2) is 60.7 Å². The molecule has 3 nitrogen and oxygen atoms in total. The minimum atomic E-state index is -4.40. The summed E-state index contributed by atoms with van der Waals surface area (Å²) in [6.45, 7) is 2.29. The highest BCUT2D eigenvalue weighted by Crippen LogP contribution is 2.34. The Balaban J connectivity index is 1.98. The lowest BCUT2D eigenvalue weighted by molar-refractivity contribution is -0.137. The van der Waals surface area contributed by atoms with Gasteiger partial charge in [0.05, 0.1) is 11.1 Å². The molecule has 4 aromatic rings. The molecule has 0 unspecified atom stereocenters. The molecule has 0 bridgehead atoms. The highest BCUT2D eigenvalue weighted by atomic mass is 19.4. The molecule has 0 saturated carbocycles. The number of hydrogen-bond acceptors (Lipinski definition) is 1. The first kappa shape index (κ1) is 19.1. The van der Waals surface area contributed by atoms with Gasteiger partial charge >= 0.3 is 6.18 Å². The second kappa shape index (κ2) is 6.95. The standard InChI is InChI=1S/C23H19F3N2O/c1-2-14-9-10-17-20(12-14)28(19-8-4-7-18(21(17)19)22(27)29)13-15-5-3-6-16(11-15)23(24,25)26/h3-12H,2,13H2,1H3,(H2,27,29). The van der Waals surface area contributed by atoms with Gasteiger partial charge in [-0.3, -0.25) is 4.79 Å². The van der Waals surface area contributed by atoms with E-state index in [1.165, 1.54) is 12.1 Å². The van der Waals surface area contributed by atoms with Gasteiger partial charge in [-0.15, -0.1) is 0 Å². The first-order valence-electron chi connectivity index (χ1n) is 9.29. The van der Waals surface area contributed by atoms with Crippen LogP contribution in [-0.2, 0) is 19.1 Å². The van der Waals surface area contributed by atoms with E-state index in [9.17, 15) is 18.0 Å². The molecule has 2 N–H and O–H groups in total. The van der Waals surface area contributed by atoms with Crippen LogP contribution in [0.4, 0.5) is 13.2 Å². The van der Waals surface area contributed by atoms with E-state index < -0.39 is 17.6 Å². The van der Waals surface area contributed by atoms with Crippen LogP contribution in [0, 0.1) is 0 Å². The fourth-order valence-electron chi connectivity index (χ4n) is 3.81. The van der Waals surface area contributed by atoms with E-state index in [-0.39, 0.29) is 6.54 Å². The van der Waals surface area contributed by atoms with Crippen LogP contribution in [0.1, 0.15) is 34.0 Å². The van der Waals surface area contributed by atoms with E-state index in [1.54, 1.807) is 18.2 Å². The van der Waals surface area contributed by atoms with Crippen molar-refractivity contribution in [3.8, 4) is 0 Å². The quantitative estimate of drug-likeness (QED) is 0.485. The van der Waals surface area contributed by atoms with Crippen molar-refractivity contribution in [2.24, 2.45) is 5.73 Å². The van der Waals surface area contributed by atoms with Gasteiger partial charge in [0.25, 0.3) is 0 Å². The van der Waals surface area contributed by atoms with Crippen molar-refractivity contribution in [3.63, 3.8) is 0 Å². The average molecular weight is 396 g/mol. The van der Waals surface area contributed by atoms with Crippen LogP contribution in [0.3, 0.4) is 0 Å². The monoisotopic (exact) mass is 396 g/mol. The molecule has 0 aliphatic heterocycles. The molecule has 1 amide bonds. The van der Waals surface area contributed by atoms with Crippen molar-refractivity contribution in [2.45, 2.75) is 26.1 Å². The van der Waals surface area contributed by atoms with Gasteiger partial charge in [0, 0.05) is 28.4 Å². The second-order valence-corrected chi connectivity index (χ2v) is 7.05. The third-order valence-electron chi connectivity index (χ3n) is 5.22. The summed E-state index contributed by atoms with van der Waals surface area (Å²) in [6, 6.07) is 16.6. The predicted octanol–water partition coefficient (Wildman–Crippen LogP) is 5.52. The largest absolute Gasteiger partial charge is 0.416 e. The molecule has 0 saturated heterocycles. The van der Waals surface area contributed by atoms with Crippen LogP contribution in [0.25, 0.3) is 21.8 Å². The van der Waals surface area contributed by atoms with E-state index >= 15 is 0 Å². The fraction of sp³-hybridized carbons (Fsp3) is 0.174. The lowest BCUT2D eigenvalue weighted by Crippen LogP contribution is -2.11. The second-order valence-electron chi connectivity index (χ2n) is 7.05. The Bertz CT molecular complexity index is 1240. The van der Waals surface area contributed by atoms with Crippen molar-refractivity contribution in [3.05, 3.63) is 82.9 Å². The maximum absolute atomic E-state index is 13.1. The number of alkyl halides is 3. The van der Waals surface area contributed by atoms with Crippen LogP contribution in [0.5, 0.6) is 0 Å². The molecular formula is C23H19F3N2O. The number of amides is 1. The normalized spacial score (nSPS) is 12.0. The Kier molecular flexibility index (Phi) is 4.57. The topological polar surface area (TPSA) is 48.0 Å². The number of halogens is 3. The van der Waals surface area contributed by atoms with Crippen LogP contribution in [-0.4, -0.2) is 10.5 Å². The summed E-state index contributed by atoms with van der Waals surface area (Å²) in [7, 11) is 0. The van der Waals surface area contributed by atoms with E-state index in [0.29, 0.717) is 11.1 Å². The molecule has 6 heteroatoms. The molecule has 0 aliphatic carbocycles. The zero-order valence-electron chi connectivity index (χ0n) is 15.8. The summed E-state index contributed by atoms with van der Waals surface area (Å²) in [4.78, 5) is 12.0. The Hall–Kier alpha value is -3.28. The van der Waals surface area contributed by atoms with E-state index in [2.05, 4.69) is 0 Å². The number of hydrogen-bond donors (Lipinski definition) is 1. The van der Waals surface area contributed by atoms with Crippen molar-refractivity contribution < 1.29 is 18.0 Å². The smallest absolute Gasteiger partial charge is 0.366 e. The molecule has 1 aromatic heterocycles. The summed E-state index contributed by atoms with van der Waals surface area (Å²) in [5.41, 5.74) is 8.58. The summed E-state index contributed by atoms with van der Waals surface area (Å²) in [5, 5.41) is 1.59. The van der Waals surface area contributed by atoms with Gasteiger partial charge in [0.2, 0.25) is 5.91 Å². The van der Waals surface area contributed by atoms with Gasteiger partial charge in [-0.2, -0.15) is 13.2 Å². The maximum atomic E-state index is 13.1. The van der Waals surface area contributed by atoms with Crippen molar-refractivity contribution in [1.82, 2.24) is 4.57 Å².